The van der Waals surface area contributed by atoms with E-state index in [2.05, 4.69) is 41.3 Å². The first-order chi connectivity index (χ1) is 12.7. The Morgan fingerprint density at radius 3 is 2.67 bits per heavy atom. The maximum Gasteiger partial charge on any atom is 0.410 e. The van der Waals surface area contributed by atoms with Crippen LogP contribution in [-0.4, -0.2) is 42.1 Å². The van der Waals surface area contributed by atoms with Gasteiger partial charge < -0.3 is 14.5 Å². The summed E-state index contributed by atoms with van der Waals surface area (Å²) in [5.41, 5.74) is 2.84. The summed E-state index contributed by atoms with van der Waals surface area (Å²) >= 11 is 2.34. The van der Waals surface area contributed by atoms with Crippen molar-refractivity contribution in [1.82, 2.24) is 4.90 Å². The van der Waals surface area contributed by atoms with E-state index in [-0.39, 0.29) is 12.0 Å². The number of benzene rings is 1. The molecule has 1 aromatic rings. The average Bonchev–Trinajstić information content (AvgIpc) is 2.57. The molecule has 6 heteroatoms. The first-order valence-electron chi connectivity index (χ1n) is 9.36. The van der Waals surface area contributed by atoms with Crippen LogP contribution in [0, 0.1) is 3.57 Å². The molecule has 0 radical (unpaired) electrons. The van der Waals surface area contributed by atoms with Crippen LogP contribution in [0.3, 0.4) is 0 Å². The third-order valence-electron chi connectivity index (χ3n) is 4.42. The molecule has 1 aliphatic rings. The minimum absolute atomic E-state index is 0.180. The summed E-state index contributed by atoms with van der Waals surface area (Å²) in [7, 11) is 0. The van der Waals surface area contributed by atoms with Gasteiger partial charge in [-0.1, -0.05) is 6.08 Å². The van der Waals surface area contributed by atoms with Gasteiger partial charge in [-0.2, -0.15) is 0 Å². The fraction of sp³-hybridized carbons (Fsp3) is 0.524. The highest BCUT2D eigenvalue weighted by Gasteiger charge is 2.25. The van der Waals surface area contributed by atoms with Crippen LogP contribution in [0.5, 0.6) is 0 Å². The second kappa shape index (κ2) is 9.08. The lowest BCUT2D eigenvalue weighted by Gasteiger charge is -2.30. The molecular formula is C21H29IN2O3. The zero-order chi connectivity index (χ0) is 20.2. The fourth-order valence-electron chi connectivity index (χ4n) is 3.14. The van der Waals surface area contributed by atoms with Gasteiger partial charge in [-0.15, -0.1) is 6.58 Å². The molecule has 0 fully saturated rings. The summed E-state index contributed by atoms with van der Waals surface area (Å²) < 4.78 is 6.66. The van der Waals surface area contributed by atoms with E-state index in [1.54, 1.807) is 11.0 Å². The third-order valence-corrected chi connectivity index (χ3v) is 5.42. The molecule has 1 heterocycles. The molecule has 0 saturated carbocycles. The molecule has 0 spiro atoms. The third kappa shape index (κ3) is 5.70. The number of carbonyl (C=O) groups excluding carboxylic acids is 2. The summed E-state index contributed by atoms with van der Waals surface area (Å²) in [6, 6.07) is 4.28. The minimum Gasteiger partial charge on any atom is -0.444 e. The van der Waals surface area contributed by atoms with Crippen molar-refractivity contribution in [2.75, 3.05) is 24.5 Å². The molecule has 1 aliphatic heterocycles. The molecule has 27 heavy (non-hydrogen) atoms. The molecule has 0 aromatic heterocycles. The van der Waals surface area contributed by atoms with E-state index >= 15 is 0 Å². The molecule has 0 unspecified atom stereocenters. The first kappa shape index (κ1) is 21.7. The highest BCUT2D eigenvalue weighted by Crippen LogP contribution is 2.31. The summed E-state index contributed by atoms with van der Waals surface area (Å²) in [4.78, 5) is 28.1. The van der Waals surface area contributed by atoms with Crippen molar-refractivity contribution in [3.63, 3.8) is 0 Å². The lowest BCUT2D eigenvalue weighted by Crippen LogP contribution is -2.38. The predicted octanol–water partition coefficient (Wildman–Crippen LogP) is 4.56. The molecule has 0 N–H and O–H groups in total. The predicted molar refractivity (Wildman–Crippen MR) is 117 cm³/mol. The van der Waals surface area contributed by atoms with Crippen molar-refractivity contribution in [3.8, 4) is 0 Å². The van der Waals surface area contributed by atoms with Crippen LogP contribution in [0.25, 0.3) is 0 Å². The van der Waals surface area contributed by atoms with Crippen molar-refractivity contribution in [2.45, 2.75) is 52.6 Å². The number of fused-ring (bicyclic) bond motifs is 1. The van der Waals surface area contributed by atoms with Gasteiger partial charge in [-0.25, -0.2) is 4.79 Å². The monoisotopic (exact) mass is 484 g/mol. The lowest BCUT2D eigenvalue weighted by molar-refractivity contribution is -0.118. The van der Waals surface area contributed by atoms with Gasteiger partial charge in [0.05, 0.1) is 0 Å². The van der Waals surface area contributed by atoms with E-state index in [1.165, 1.54) is 9.13 Å². The molecular weight excluding hydrogens is 455 g/mol. The Bertz CT molecular complexity index is 725. The van der Waals surface area contributed by atoms with Crippen LogP contribution in [-0.2, 0) is 22.4 Å². The quantitative estimate of drug-likeness (QED) is 0.440. The summed E-state index contributed by atoms with van der Waals surface area (Å²) in [6.07, 6.45) is 3.44. The standard InChI is InChI=1S/C21H29IN2O3/c1-6-11-23(20(26)27-21(3,4)5)12-10-15-14-18-16(13-17(15)22)8-9-19(25)24(18)7-2/h6,13-14H,1,7-12H2,2-5H3. The summed E-state index contributed by atoms with van der Waals surface area (Å²) in [5.74, 6) is 0.180. The molecule has 2 rings (SSSR count). The van der Waals surface area contributed by atoms with Crippen LogP contribution in [0.2, 0.25) is 0 Å². The van der Waals surface area contributed by atoms with Crippen LogP contribution in [0.1, 0.15) is 45.2 Å². The maximum atomic E-state index is 12.4. The maximum absolute atomic E-state index is 12.4. The van der Waals surface area contributed by atoms with Gasteiger partial charge in [-0.05, 0) is 86.4 Å². The number of hydrogen-bond donors (Lipinski definition) is 0. The number of anilines is 1. The van der Waals surface area contributed by atoms with Crippen LogP contribution in [0.4, 0.5) is 10.5 Å². The fourth-order valence-corrected chi connectivity index (χ4v) is 3.94. The minimum atomic E-state index is -0.529. The number of rotatable bonds is 6. The van der Waals surface area contributed by atoms with Gasteiger partial charge in [0.1, 0.15) is 5.60 Å². The van der Waals surface area contributed by atoms with Gasteiger partial charge in [0.2, 0.25) is 5.91 Å². The molecule has 5 nitrogen and oxygen atoms in total. The van der Waals surface area contributed by atoms with Crippen molar-refractivity contribution in [3.05, 3.63) is 39.5 Å². The van der Waals surface area contributed by atoms with Gasteiger partial charge in [-0.3, -0.25) is 4.79 Å². The van der Waals surface area contributed by atoms with Crippen molar-refractivity contribution < 1.29 is 14.3 Å². The van der Waals surface area contributed by atoms with Gasteiger partial charge in [0.15, 0.2) is 0 Å². The van der Waals surface area contributed by atoms with Crippen molar-refractivity contribution in [2.24, 2.45) is 0 Å². The van der Waals surface area contributed by atoms with Crippen molar-refractivity contribution >= 4 is 40.3 Å². The largest absolute Gasteiger partial charge is 0.444 e. The van der Waals surface area contributed by atoms with Crippen LogP contribution < -0.4 is 4.90 Å². The smallest absolute Gasteiger partial charge is 0.410 e. The molecule has 0 saturated heterocycles. The molecule has 2 amide bonds. The van der Waals surface area contributed by atoms with E-state index in [9.17, 15) is 9.59 Å². The summed E-state index contributed by atoms with van der Waals surface area (Å²) in [6.45, 7) is 13.0. The highest BCUT2D eigenvalue weighted by atomic mass is 127. The number of ether oxygens (including phenoxy) is 1. The molecule has 0 aliphatic carbocycles. The number of aryl methyl sites for hydroxylation is 1. The molecule has 148 valence electrons. The Balaban J connectivity index is 2.18. The van der Waals surface area contributed by atoms with Crippen LogP contribution in [0.15, 0.2) is 24.8 Å². The number of carbonyl (C=O) groups is 2. The Morgan fingerprint density at radius 2 is 2.07 bits per heavy atom. The first-order valence-corrected chi connectivity index (χ1v) is 10.4. The summed E-state index contributed by atoms with van der Waals surface area (Å²) in [5, 5.41) is 0. The molecule has 0 bridgehead atoms. The normalized spacial score (nSPS) is 14.0. The van der Waals surface area contributed by atoms with E-state index in [1.807, 2.05) is 32.6 Å². The van der Waals surface area contributed by atoms with Gasteiger partial charge >= 0.3 is 6.09 Å². The second-order valence-corrected chi connectivity index (χ2v) is 8.84. The number of halogens is 1. The SMILES string of the molecule is C=CCN(CCc1cc2c(cc1I)CCC(=O)N2CC)C(=O)OC(C)(C)C. The van der Waals surface area contributed by atoms with E-state index < -0.39 is 5.60 Å². The zero-order valence-corrected chi connectivity index (χ0v) is 18.8. The van der Waals surface area contributed by atoms with Gasteiger partial charge in [0, 0.05) is 35.3 Å². The molecule has 0 atom stereocenters. The number of hydrogen-bond acceptors (Lipinski definition) is 3. The van der Waals surface area contributed by atoms with Crippen molar-refractivity contribution in [1.29, 1.82) is 0 Å². The Kier molecular flexibility index (Phi) is 7.31. The van der Waals surface area contributed by atoms with E-state index in [4.69, 9.17) is 4.74 Å². The zero-order valence-electron chi connectivity index (χ0n) is 16.7. The number of amides is 2. The second-order valence-electron chi connectivity index (χ2n) is 7.68. The van der Waals surface area contributed by atoms with Crippen LogP contribution >= 0.6 is 22.6 Å². The Hall–Kier alpha value is -1.57. The Morgan fingerprint density at radius 1 is 1.37 bits per heavy atom. The van der Waals surface area contributed by atoms with Gasteiger partial charge in [0.25, 0.3) is 0 Å². The average molecular weight is 484 g/mol. The Labute approximate surface area is 175 Å². The van der Waals surface area contributed by atoms with E-state index in [0.717, 1.165) is 17.7 Å². The highest BCUT2D eigenvalue weighted by molar-refractivity contribution is 14.1. The van der Waals surface area contributed by atoms with E-state index in [0.29, 0.717) is 32.5 Å². The topological polar surface area (TPSA) is 49.9 Å². The lowest BCUT2D eigenvalue weighted by atomic mass is 9.98. The number of nitrogens with zero attached hydrogens (tertiary/aromatic N) is 2. The molecule has 1 aromatic carbocycles.